The molecule has 9 nitrogen and oxygen atoms in total. The largest absolute Gasteiger partial charge is 0.582 e. The fourth-order valence-electron chi connectivity index (χ4n) is 2.30. The van der Waals surface area contributed by atoms with Crippen LogP contribution in [0, 0.1) is 6.92 Å². The zero-order valence-corrected chi connectivity index (χ0v) is 13.7. The first-order valence-electron chi connectivity index (χ1n) is 6.31. The van der Waals surface area contributed by atoms with E-state index in [-0.39, 0.29) is 6.42 Å². The van der Waals surface area contributed by atoms with Gasteiger partial charge in [-0.3, -0.25) is 14.3 Å². The monoisotopic (exact) mass is 351 g/mol. The number of hydrogen-bond acceptors (Lipinski definition) is 7. The molecule has 0 spiro atoms. The van der Waals surface area contributed by atoms with Crippen LogP contribution in [0.1, 0.15) is 18.2 Å². The number of aryl methyl sites for hydroxylation is 1. The third-order valence-corrected chi connectivity index (χ3v) is 4.20. The lowest BCUT2D eigenvalue weighted by Gasteiger charge is -2.27. The number of H-pyrrole nitrogens is 1. The normalized spacial score (nSPS) is 28.8. The zero-order chi connectivity index (χ0) is 16.5. The van der Waals surface area contributed by atoms with Crippen molar-refractivity contribution in [1.29, 1.82) is 0 Å². The number of hydrogen-bond donors (Lipinski definition) is 3. The van der Waals surface area contributed by atoms with Crippen LogP contribution in [0.3, 0.4) is 0 Å². The maximum atomic E-state index is 11.9. The smallest absolute Gasteiger partial charge is 0.391 e. The highest BCUT2D eigenvalue weighted by Gasteiger charge is 2.54. The van der Waals surface area contributed by atoms with Gasteiger partial charge in [-0.05, 0) is 11.5 Å². The van der Waals surface area contributed by atoms with Crippen molar-refractivity contribution < 1.29 is 23.7 Å². The predicted octanol–water partition coefficient (Wildman–Crippen LogP) is 0.0713. The summed E-state index contributed by atoms with van der Waals surface area (Å²) in [6.45, 7) is 0.969. The first-order chi connectivity index (χ1) is 10.3. The van der Waals surface area contributed by atoms with Crippen LogP contribution >= 0.6 is 19.5 Å². The van der Waals surface area contributed by atoms with E-state index >= 15 is 0 Å². The number of nitrogens with one attached hydrogen (secondary N) is 1. The number of methoxy groups -OCH3 is 1. The zero-order valence-electron chi connectivity index (χ0n) is 11.9. The van der Waals surface area contributed by atoms with E-state index in [1.807, 2.05) is 0 Å². The predicted molar refractivity (Wildman–Crippen MR) is 79.1 cm³/mol. The van der Waals surface area contributed by atoms with Crippen LogP contribution in [0.5, 0.6) is 0 Å². The van der Waals surface area contributed by atoms with Crippen molar-refractivity contribution in [2.45, 2.75) is 31.5 Å². The minimum Gasteiger partial charge on any atom is -0.391 e. The third kappa shape index (κ3) is 3.17. The van der Waals surface area contributed by atoms with Crippen LogP contribution in [-0.2, 0) is 18.6 Å². The van der Waals surface area contributed by atoms with E-state index < -0.39 is 43.2 Å². The molecule has 1 unspecified atom stereocenters. The highest BCUT2D eigenvalue weighted by Crippen LogP contribution is 2.43. The first-order valence-corrected chi connectivity index (χ1v) is 8.65. The van der Waals surface area contributed by atoms with Gasteiger partial charge < -0.3 is 14.6 Å². The minimum atomic E-state index is -2.26. The summed E-state index contributed by atoms with van der Waals surface area (Å²) in [4.78, 5) is 25.5. The Labute approximate surface area is 131 Å². The first kappa shape index (κ1) is 17.3. The van der Waals surface area contributed by atoms with E-state index in [1.54, 1.807) is 0 Å². The number of aromatic amines is 1. The average Bonchev–Trinajstić information content (AvgIpc) is 2.81. The Hall–Kier alpha value is -1.03. The van der Waals surface area contributed by atoms with Crippen LogP contribution in [0.15, 0.2) is 15.8 Å². The van der Waals surface area contributed by atoms with Crippen molar-refractivity contribution in [3.8, 4) is 0 Å². The van der Waals surface area contributed by atoms with E-state index in [9.17, 15) is 19.3 Å². The Morgan fingerprint density at radius 3 is 2.86 bits per heavy atom. The van der Waals surface area contributed by atoms with Crippen LogP contribution < -0.4 is 11.2 Å². The maximum Gasteiger partial charge on any atom is 0.582 e. The van der Waals surface area contributed by atoms with Gasteiger partial charge in [0.25, 0.3) is 5.56 Å². The Morgan fingerprint density at radius 2 is 2.32 bits per heavy atom. The SMILES string of the molecule is CO[C@]1(CO)O[C@@H](n2cc(C)c(=O)[nH]c2=O)C[C@@H]1O[P+](=O)S. The molecule has 0 bridgehead atoms. The number of aromatic nitrogens is 2. The van der Waals surface area contributed by atoms with Gasteiger partial charge in [0.05, 0.1) is 0 Å². The molecule has 22 heavy (non-hydrogen) atoms. The second-order valence-corrected chi connectivity index (χ2v) is 6.46. The van der Waals surface area contributed by atoms with Crippen molar-refractivity contribution in [1.82, 2.24) is 9.55 Å². The fourth-order valence-corrected chi connectivity index (χ4v) is 3.11. The van der Waals surface area contributed by atoms with Crippen LogP contribution in [-0.4, -0.2) is 40.3 Å². The van der Waals surface area contributed by atoms with E-state index in [0.717, 1.165) is 4.57 Å². The molecule has 1 aromatic rings. The molecule has 1 aliphatic rings. The van der Waals surface area contributed by atoms with Gasteiger partial charge in [-0.25, -0.2) is 4.79 Å². The lowest BCUT2D eigenvalue weighted by molar-refractivity contribution is -0.265. The summed E-state index contributed by atoms with van der Waals surface area (Å²) < 4.78 is 28.3. The summed E-state index contributed by atoms with van der Waals surface area (Å²) in [6.07, 6.45) is -0.329. The third-order valence-electron chi connectivity index (χ3n) is 3.48. The van der Waals surface area contributed by atoms with Crippen LogP contribution in [0.4, 0.5) is 0 Å². The number of rotatable bonds is 5. The fraction of sp³-hybridized carbons (Fsp3) is 0.636. The molecule has 0 saturated carbocycles. The van der Waals surface area contributed by atoms with Gasteiger partial charge in [0.1, 0.15) is 25.1 Å². The molecule has 0 aliphatic carbocycles. The molecular weight excluding hydrogens is 335 g/mol. The number of aliphatic hydroxyl groups excluding tert-OH is 1. The molecule has 11 heteroatoms. The molecule has 2 N–H and O–H groups in total. The summed E-state index contributed by atoms with van der Waals surface area (Å²) in [5.41, 5.74) is -0.843. The van der Waals surface area contributed by atoms with Gasteiger partial charge in [0, 0.05) is 25.3 Å². The molecule has 2 rings (SSSR count). The molecule has 122 valence electrons. The van der Waals surface area contributed by atoms with Crippen molar-refractivity contribution >= 4 is 19.5 Å². The Morgan fingerprint density at radius 1 is 1.64 bits per heavy atom. The van der Waals surface area contributed by atoms with E-state index in [0.29, 0.717) is 5.56 Å². The van der Waals surface area contributed by atoms with E-state index in [1.165, 1.54) is 20.2 Å². The molecule has 4 atom stereocenters. The second kappa shape index (κ2) is 6.61. The van der Waals surface area contributed by atoms with Gasteiger partial charge in [-0.2, -0.15) is 0 Å². The number of aliphatic hydroxyl groups is 1. The second-order valence-electron chi connectivity index (χ2n) is 4.79. The quantitative estimate of drug-likeness (QED) is 0.507. The molecule has 0 amide bonds. The number of ether oxygens (including phenoxy) is 2. The Bertz CT molecular complexity index is 684. The molecule has 1 saturated heterocycles. The standard InChI is InChI=1S/C11H15N2O7PS/c1-6-4-13(10(16)12-9(6)15)8-3-7(20-21(17)22)11(5-14,18-2)19-8/h4,7-8,14H,3,5H2,1-2H3,(H-,12,15,16,17,22)/p+1/t7-,8+,11+/m0/s1. The Balaban J connectivity index is 2.39. The maximum absolute atomic E-state index is 11.9. The molecule has 0 radical (unpaired) electrons. The highest BCUT2D eigenvalue weighted by molar-refractivity contribution is 8.39. The molecule has 0 aromatic carbocycles. The van der Waals surface area contributed by atoms with Crippen LogP contribution in [0.2, 0.25) is 0 Å². The molecular formula is C11H16N2O7PS+. The summed E-state index contributed by atoms with van der Waals surface area (Å²) in [7, 11) is -0.967. The molecule has 2 heterocycles. The minimum absolute atomic E-state index is 0.0847. The number of nitrogens with zero attached hydrogens (tertiary/aromatic N) is 1. The molecule has 1 aromatic heterocycles. The summed E-state index contributed by atoms with van der Waals surface area (Å²) in [5, 5.41) is 9.54. The molecule has 1 fully saturated rings. The molecule has 1 aliphatic heterocycles. The van der Waals surface area contributed by atoms with E-state index in [2.05, 4.69) is 17.2 Å². The van der Waals surface area contributed by atoms with Crippen molar-refractivity contribution in [3.63, 3.8) is 0 Å². The average molecular weight is 351 g/mol. The van der Waals surface area contributed by atoms with Crippen molar-refractivity contribution in [2.75, 3.05) is 13.7 Å². The Kier molecular flexibility index (Phi) is 5.21. The van der Waals surface area contributed by atoms with Gasteiger partial charge in [0.15, 0.2) is 6.10 Å². The summed E-state index contributed by atoms with van der Waals surface area (Å²) >= 11 is 3.67. The van der Waals surface area contributed by atoms with Gasteiger partial charge in [0.2, 0.25) is 5.79 Å². The van der Waals surface area contributed by atoms with Gasteiger partial charge in [-0.1, -0.05) is 0 Å². The highest BCUT2D eigenvalue weighted by atomic mass is 32.7. The lowest BCUT2D eigenvalue weighted by atomic mass is 10.1. The van der Waals surface area contributed by atoms with E-state index in [4.69, 9.17) is 14.0 Å². The number of thiol groups is 1. The summed E-state index contributed by atoms with van der Waals surface area (Å²) in [6, 6.07) is 0. The van der Waals surface area contributed by atoms with Crippen molar-refractivity contribution in [2.24, 2.45) is 0 Å². The summed E-state index contributed by atoms with van der Waals surface area (Å²) in [5.74, 6) is -1.57. The lowest BCUT2D eigenvalue weighted by Crippen LogP contribution is -2.45. The van der Waals surface area contributed by atoms with Gasteiger partial charge in [-0.15, -0.1) is 4.52 Å². The van der Waals surface area contributed by atoms with Crippen LogP contribution in [0.25, 0.3) is 0 Å². The van der Waals surface area contributed by atoms with Crippen molar-refractivity contribution in [3.05, 3.63) is 32.6 Å². The topological polar surface area (TPSA) is 120 Å². The van der Waals surface area contributed by atoms with Gasteiger partial charge >= 0.3 is 12.9 Å².